The molecule has 0 N–H and O–H groups in total. The molecule has 2 saturated heterocycles. The van der Waals surface area contributed by atoms with Gasteiger partial charge >= 0.3 is 0 Å². The third kappa shape index (κ3) is 2.53. The fourth-order valence-corrected chi connectivity index (χ4v) is 5.98. The lowest BCUT2D eigenvalue weighted by atomic mass is 9.54. The summed E-state index contributed by atoms with van der Waals surface area (Å²) in [5.41, 5.74) is 1.95. The molecule has 2 saturated carbocycles. The van der Waals surface area contributed by atoms with Gasteiger partial charge in [0.2, 0.25) is 0 Å². The fourth-order valence-electron chi connectivity index (χ4n) is 5.98. The maximum absolute atomic E-state index is 5.62. The molecule has 0 radical (unpaired) electrons. The lowest BCUT2D eigenvalue weighted by Crippen LogP contribution is -2.69. The predicted octanol–water partition coefficient (Wildman–Crippen LogP) is 3.78. The first-order valence-electron chi connectivity index (χ1n) is 10.2. The minimum absolute atomic E-state index is 0.663. The maximum Gasteiger partial charge on any atom is 0.0765 e. The largest absolute Gasteiger partial charge is 0.381 e. The summed E-state index contributed by atoms with van der Waals surface area (Å²) in [4.78, 5) is 2.75. The number of hydrogen-bond acceptors (Lipinski definition) is 3. The summed E-state index contributed by atoms with van der Waals surface area (Å²) in [5.74, 6) is 0.852. The summed E-state index contributed by atoms with van der Waals surface area (Å²) in [6.45, 7) is 4.32. The summed E-state index contributed by atoms with van der Waals surface area (Å²) >= 11 is 0. The summed E-state index contributed by atoms with van der Waals surface area (Å²) in [7, 11) is 0. The van der Waals surface area contributed by atoms with Crippen LogP contribution in [0.25, 0.3) is 0 Å². The van der Waals surface area contributed by atoms with Gasteiger partial charge in [-0.25, -0.2) is 0 Å². The Balaban J connectivity index is 1.27. The van der Waals surface area contributed by atoms with Crippen molar-refractivity contribution in [2.45, 2.75) is 76.4 Å². The summed E-state index contributed by atoms with van der Waals surface area (Å²) in [5, 5.41) is 4.94. The molecular weight excluding hydrogens is 298 g/mol. The molecule has 3 heterocycles. The number of nitrogens with zero attached hydrogens (tertiary/aromatic N) is 3. The van der Waals surface area contributed by atoms with E-state index in [1.54, 1.807) is 0 Å². The Kier molecular flexibility index (Phi) is 3.93. The Labute approximate surface area is 145 Å². The van der Waals surface area contributed by atoms with Gasteiger partial charge in [0.15, 0.2) is 0 Å². The van der Waals surface area contributed by atoms with Gasteiger partial charge in [0.25, 0.3) is 0 Å². The molecule has 1 aromatic heterocycles. The second-order valence-electron chi connectivity index (χ2n) is 8.74. The average molecular weight is 329 g/mol. The molecule has 4 nitrogen and oxygen atoms in total. The van der Waals surface area contributed by atoms with Crippen molar-refractivity contribution in [3.63, 3.8) is 0 Å². The van der Waals surface area contributed by atoms with Crippen LogP contribution in [0, 0.1) is 11.3 Å². The van der Waals surface area contributed by atoms with Crippen molar-refractivity contribution in [1.29, 1.82) is 0 Å². The standard InChI is InChI=1S/C20H31N3O/c1-2-5-18(4-1)23-11-6-17(21-23)14-22-15-20(9-3-10-20)19(22)16-7-12-24-13-8-16/h6,11,16,18-19H,1-5,7-10,12-15H2/t19-/m0/s1. The van der Waals surface area contributed by atoms with E-state index in [-0.39, 0.29) is 0 Å². The lowest BCUT2D eigenvalue weighted by Gasteiger charge is -2.65. The van der Waals surface area contributed by atoms with Gasteiger partial charge in [0.05, 0.1) is 11.7 Å². The van der Waals surface area contributed by atoms with E-state index in [9.17, 15) is 0 Å². The Morgan fingerprint density at radius 2 is 1.88 bits per heavy atom. The lowest BCUT2D eigenvalue weighted by molar-refractivity contribution is -0.167. The van der Waals surface area contributed by atoms with Crippen LogP contribution in [0.2, 0.25) is 0 Å². The molecule has 4 fully saturated rings. The van der Waals surface area contributed by atoms with Crippen molar-refractivity contribution in [1.82, 2.24) is 14.7 Å². The van der Waals surface area contributed by atoms with Crippen LogP contribution in [0.3, 0.4) is 0 Å². The highest BCUT2D eigenvalue weighted by atomic mass is 16.5. The van der Waals surface area contributed by atoms with Gasteiger partial charge in [-0.3, -0.25) is 9.58 Å². The Bertz CT molecular complexity index is 567. The Morgan fingerprint density at radius 3 is 2.58 bits per heavy atom. The van der Waals surface area contributed by atoms with E-state index < -0.39 is 0 Å². The van der Waals surface area contributed by atoms with Crippen LogP contribution in [0.15, 0.2) is 12.3 Å². The van der Waals surface area contributed by atoms with Crippen LogP contribution in [0.1, 0.15) is 69.5 Å². The van der Waals surface area contributed by atoms with Gasteiger partial charge in [-0.2, -0.15) is 5.10 Å². The second kappa shape index (κ2) is 6.14. The van der Waals surface area contributed by atoms with E-state index in [1.165, 1.54) is 70.0 Å². The molecule has 4 aliphatic rings. The van der Waals surface area contributed by atoms with E-state index in [2.05, 4.69) is 21.8 Å². The Morgan fingerprint density at radius 1 is 1.08 bits per heavy atom. The average Bonchev–Trinajstić information content (AvgIpc) is 3.21. The van der Waals surface area contributed by atoms with Crippen LogP contribution in [0.4, 0.5) is 0 Å². The maximum atomic E-state index is 5.62. The van der Waals surface area contributed by atoms with Crippen LogP contribution in [-0.2, 0) is 11.3 Å². The number of hydrogen-bond donors (Lipinski definition) is 0. The number of likely N-dealkylation sites (tertiary alicyclic amines) is 1. The van der Waals surface area contributed by atoms with Crippen LogP contribution in [0.5, 0.6) is 0 Å². The van der Waals surface area contributed by atoms with Crippen molar-refractivity contribution in [2.75, 3.05) is 19.8 Å². The molecule has 24 heavy (non-hydrogen) atoms. The molecule has 4 heteroatoms. The van der Waals surface area contributed by atoms with E-state index in [1.807, 2.05) is 0 Å². The summed E-state index contributed by atoms with van der Waals surface area (Å²) in [6.07, 6.45) is 14.5. The van der Waals surface area contributed by atoms with Crippen LogP contribution < -0.4 is 0 Å². The summed E-state index contributed by atoms with van der Waals surface area (Å²) < 4.78 is 7.87. The highest BCUT2D eigenvalue weighted by molar-refractivity contribution is 5.13. The smallest absolute Gasteiger partial charge is 0.0765 e. The van der Waals surface area contributed by atoms with E-state index in [0.29, 0.717) is 11.5 Å². The van der Waals surface area contributed by atoms with Gasteiger partial charge < -0.3 is 4.74 Å². The monoisotopic (exact) mass is 329 g/mol. The van der Waals surface area contributed by atoms with E-state index >= 15 is 0 Å². The second-order valence-corrected chi connectivity index (χ2v) is 8.74. The highest BCUT2D eigenvalue weighted by Gasteiger charge is 2.57. The first kappa shape index (κ1) is 15.4. The Hall–Kier alpha value is -0.870. The van der Waals surface area contributed by atoms with Crippen molar-refractivity contribution >= 4 is 0 Å². The zero-order valence-corrected chi connectivity index (χ0v) is 14.8. The topological polar surface area (TPSA) is 30.3 Å². The van der Waals surface area contributed by atoms with Crippen LogP contribution >= 0.6 is 0 Å². The summed E-state index contributed by atoms with van der Waals surface area (Å²) in [6, 6.07) is 3.73. The molecule has 5 rings (SSSR count). The highest BCUT2D eigenvalue weighted by Crippen LogP contribution is 2.56. The van der Waals surface area contributed by atoms with Gasteiger partial charge in [-0.05, 0) is 55.9 Å². The van der Waals surface area contributed by atoms with Crippen molar-refractivity contribution < 1.29 is 4.74 Å². The van der Waals surface area contributed by atoms with Crippen LogP contribution in [-0.4, -0.2) is 40.5 Å². The molecule has 132 valence electrons. The number of rotatable bonds is 4. The first-order chi connectivity index (χ1) is 11.8. The van der Waals surface area contributed by atoms with Crippen molar-refractivity contribution in [3.8, 4) is 0 Å². The molecule has 0 aromatic carbocycles. The van der Waals surface area contributed by atoms with E-state index in [0.717, 1.165) is 31.7 Å². The molecule has 0 bridgehead atoms. The minimum atomic E-state index is 0.663. The third-order valence-corrected chi connectivity index (χ3v) is 7.33. The van der Waals surface area contributed by atoms with Gasteiger partial charge in [0, 0.05) is 38.5 Å². The SMILES string of the molecule is c1cn(C2CCCC2)nc1CN1CC2(CCC2)[C@@H]1C1CCOCC1. The molecule has 0 unspecified atom stereocenters. The van der Waals surface area contributed by atoms with Crippen molar-refractivity contribution in [2.24, 2.45) is 11.3 Å². The molecule has 2 aliphatic carbocycles. The van der Waals surface area contributed by atoms with Gasteiger partial charge in [0.1, 0.15) is 0 Å². The predicted molar refractivity (Wildman–Crippen MR) is 93.8 cm³/mol. The zero-order chi connectivity index (χ0) is 16.0. The fraction of sp³-hybridized carbons (Fsp3) is 0.850. The quantitative estimate of drug-likeness (QED) is 0.842. The van der Waals surface area contributed by atoms with E-state index in [4.69, 9.17) is 9.84 Å². The number of ether oxygens (including phenoxy) is 1. The molecular formula is C20H31N3O. The first-order valence-corrected chi connectivity index (χ1v) is 10.2. The van der Waals surface area contributed by atoms with Crippen molar-refractivity contribution in [3.05, 3.63) is 18.0 Å². The third-order valence-electron chi connectivity index (χ3n) is 7.33. The molecule has 1 aromatic rings. The minimum Gasteiger partial charge on any atom is -0.381 e. The van der Waals surface area contributed by atoms with Gasteiger partial charge in [-0.15, -0.1) is 0 Å². The molecule has 0 amide bonds. The molecule has 2 aliphatic heterocycles. The molecule has 1 spiro atoms. The normalized spacial score (nSPS) is 31.2. The van der Waals surface area contributed by atoms with Gasteiger partial charge in [-0.1, -0.05) is 19.3 Å². The zero-order valence-electron chi connectivity index (χ0n) is 14.8. The molecule has 1 atom stereocenters. The number of aromatic nitrogens is 2.